The second-order valence-corrected chi connectivity index (χ2v) is 7.53. The van der Waals surface area contributed by atoms with E-state index in [1.165, 1.54) is 22.1 Å². The fourth-order valence-electron chi connectivity index (χ4n) is 2.58. The van der Waals surface area contributed by atoms with E-state index in [4.69, 9.17) is 28.9 Å². The Morgan fingerprint density at radius 2 is 2.20 bits per heavy atom. The van der Waals surface area contributed by atoms with Gasteiger partial charge in [0.15, 0.2) is 5.15 Å². The van der Waals surface area contributed by atoms with Crippen LogP contribution in [0, 0.1) is 12.7 Å². The molecular formula is C15H14Cl2FN5OS. The number of aryl methyl sites for hydroxylation is 1. The number of rotatable bonds is 5. The van der Waals surface area contributed by atoms with E-state index in [-0.39, 0.29) is 17.7 Å². The lowest BCUT2D eigenvalue weighted by molar-refractivity contribution is -0.118. The number of nitrogens with two attached hydrogens (primary N) is 1. The molecule has 6 nitrogen and oxygen atoms in total. The third-order valence-electron chi connectivity index (χ3n) is 3.60. The van der Waals surface area contributed by atoms with Crippen LogP contribution in [-0.2, 0) is 11.3 Å². The molecule has 0 aliphatic rings. The van der Waals surface area contributed by atoms with Crippen LogP contribution < -0.4 is 11.1 Å². The van der Waals surface area contributed by atoms with Gasteiger partial charge in [0.2, 0.25) is 5.91 Å². The standard InChI is InChI=1S/C15H14Cl2FN5OS/c1-6-12-9(18)3-8(4-10(12)23(22-6)5-11(19)24)20-7(2)15-21-13(16)14(17)25-15/h3-4,7,20H,5H2,1-2H3,(H2,19,24). The predicted molar refractivity (Wildman–Crippen MR) is 97.8 cm³/mol. The molecule has 0 fully saturated rings. The van der Waals surface area contributed by atoms with Gasteiger partial charge in [-0.3, -0.25) is 9.48 Å². The number of hydrogen-bond donors (Lipinski definition) is 2. The van der Waals surface area contributed by atoms with Crippen molar-refractivity contribution in [1.82, 2.24) is 14.8 Å². The molecule has 132 valence electrons. The summed E-state index contributed by atoms with van der Waals surface area (Å²) in [4.78, 5) is 15.4. The summed E-state index contributed by atoms with van der Waals surface area (Å²) in [6.45, 7) is 3.41. The van der Waals surface area contributed by atoms with E-state index in [0.717, 1.165) is 0 Å². The smallest absolute Gasteiger partial charge is 0.239 e. The molecule has 0 spiro atoms. The highest BCUT2D eigenvalue weighted by molar-refractivity contribution is 7.16. The third-order valence-corrected chi connectivity index (χ3v) is 5.52. The van der Waals surface area contributed by atoms with E-state index in [9.17, 15) is 9.18 Å². The highest BCUT2D eigenvalue weighted by Gasteiger charge is 2.17. The zero-order chi connectivity index (χ0) is 18.3. The number of primary amides is 1. The molecule has 2 heterocycles. The van der Waals surface area contributed by atoms with Crippen LogP contribution in [0.4, 0.5) is 10.1 Å². The molecule has 2 aromatic heterocycles. The molecule has 0 aliphatic heterocycles. The van der Waals surface area contributed by atoms with Crippen LogP contribution >= 0.6 is 34.5 Å². The molecule has 0 bridgehead atoms. The average Bonchev–Trinajstić information content (AvgIpc) is 2.99. The quantitative estimate of drug-likeness (QED) is 0.678. The Labute approximate surface area is 156 Å². The average molecular weight is 402 g/mol. The van der Waals surface area contributed by atoms with Crippen molar-refractivity contribution in [2.75, 3.05) is 5.32 Å². The van der Waals surface area contributed by atoms with Gasteiger partial charge in [-0.2, -0.15) is 5.10 Å². The maximum absolute atomic E-state index is 14.5. The highest BCUT2D eigenvalue weighted by atomic mass is 35.5. The van der Waals surface area contributed by atoms with Gasteiger partial charge in [-0.05, 0) is 26.0 Å². The molecule has 1 atom stereocenters. The van der Waals surface area contributed by atoms with Crippen molar-refractivity contribution in [2.45, 2.75) is 26.4 Å². The number of hydrogen-bond acceptors (Lipinski definition) is 5. The second kappa shape index (κ2) is 6.78. The molecule has 3 aromatic rings. The molecule has 3 N–H and O–H groups in total. The Bertz CT molecular complexity index is 951. The number of carbonyl (C=O) groups is 1. The van der Waals surface area contributed by atoms with E-state index in [0.29, 0.717) is 31.6 Å². The van der Waals surface area contributed by atoms with Gasteiger partial charge >= 0.3 is 0 Å². The lowest BCUT2D eigenvalue weighted by Crippen LogP contribution is -2.19. The number of carbonyl (C=O) groups excluding carboxylic acids is 1. The third kappa shape index (κ3) is 3.56. The summed E-state index contributed by atoms with van der Waals surface area (Å²) >= 11 is 13.1. The fourth-order valence-corrected chi connectivity index (χ4v) is 3.81. The van der Waals surface area contributed by atoms with E-state index in [1.54, 1.807) is 13.0 Å². The minimum absolute atomic E-state index is 0.125. The van der Waals surface area contributed by atoms with Crippen molar-refractivity contribution in [1.29, 1.82) is 0 Å². The normalized spacial score (nSPS) is 12.5. The maximum atomic E-state index is 14.5. The van der Waals surface area contributed by atoms with Gasteiger partial charge in [0, 0.05) is 5.69 Å². The Morgan fingerprint density at radius 1 is 1.48 bits per heavy atom. The zero-order valence-electron chi connectivity index (χ0n) is 13.3. The van der Waals surface area contributed by atoms with Crippen LogP contribution in [0.25, 0.3) is 10.9 Å². The van der Waals surface area contributed by atoms with E-state index in [2.05, 4.69) is 15.4 Å². The zero-order valence-corrected chi connectivity index (χ0v) is 15.6. The van der Waals surface area contributed by atoms with Gasteiger partial charge in [-0.25, -0.2) is 9.37 Å². The summed E-state index contributed by atoms with van der Waals surface area (Å²) in [5, 5.41) is 8.62. The molecule has 1 amide bonds. The van der Waals surface area contributed by atoms with Crippen LogP contribution in [-0.4, -0.2) is 20.7 Å². The summed E-state index contributed by atoms with van der Waals surface area (Å²) in [6.07, 6.45) is 0. The van der Waals surface area contributed by atoms with Crippen molar-refractivity contribution in [3.63, 3.8) is 0 Å². The van der Waals surface area contributed by atoms with Gasteiger partial charge in [0.05, 0.1) is 22.6 Å². The summed E-state index contributed by atoms with van der Waals surface area (Å²) in [5.41, 5.74) is 6.73. The minimum Gasteiger partial charge on any atom is -0.376 e. The molecule has 10 heteroatoms. The van der Waals surface area contributed by atoms with Crippen molar-refractivity contribution in [2.24, 2.45) is 5.73 Å². The van der Waals surface area contributed by atoms with Crippen LogP contribution in [0.15, 0.2) is 12.1 Å². The lowest BCUT2D eigenvalue weighted by atomic mass is 10.1. The van der Waals surface area contributed by atoms with E-state index >= 15 is 0 Å². The number of nitrogens with one attached hydrogen (secondary N) is 1. The van der Waals surface area contributed by atoms with Crippen LogP contribution in [0.5, 0.6) is 0 Å². The molecule has 0 radical (unpaired) electrons. The monoisotopic (exact) mass is 401 g/mol. The number of anilines is 1. The molecular weight excluding hydrogens is 388 g/mol. The summed E-state index contributed by atoms with van der Waals surface area (Å²) in [5.74, 6) is -0.987. The first kappa shape index (κ1) is 17.9. The van der Waals surface area contributed by atoms with Crippen molar-refractivity contribution < 1.29 is 9.18 Å². The minimum atomic E-state index is -0.552. The summed E-state index contributed by atoms with van der Waals surface area (Å²) in [7, 11) is 0. The van der Waals surface area contributed by atoms with Crippen molar-refractivity contribution in [3.8, 4) is 0 Å². The summed E-state index contributed by atoms with van der Waals surface area (Å²) < 4.78 is 16.3. The van der Waals surface area contributed by atoms with Gasteiger partial charge < -0.3 is 11.1 Å². The number of aromatic nitrogens is 3. The Hall–Kier alpha value is -1.90. The predicted octanol–water partition coefficient (Wildman–Crippen LogP) is 3.91. The first-order valence-electron chi connectivity index (χ1n) is 7.29. The topological polar surface area (TPSA) is 85.8 Å². The van der Waals surface area contributed by atoms with E-state index in [1.807, 2.05) is 6.92 Å². The number of fused-ring (bicyclic) bond motifs is 1. The van der Waals surface area contributed by atoms with Crippen LogP contribution in [0.3, 0.4) is 0 Å². The van der Waals surface area contributed by atoms with Gasteiger partial charge in [0.1, 0.15) is 21.7 Å². The largest absolute Gasteiger partial charge is 0.376 e. The molecule has 3 rings (SSSR count). The number of nitrogens with zero attached hydrogens (tertiary/aromatic N) is 3. The number of thiazole rings is 1. The molecule has 0 saturated heterocycles. The second-order valence-electron chi connectivity index (χ2n) is 5.54. The van der Waals surface area contributed by atoms with Crippen LogP contribution in [0.1, 0.15) is 23.7 Å². The summed E-state index contributed by atoms with van der Waals surface area (Å²) in [6, 6.07) is 2.86. The Balaban J connectivity index is 1.97. The number of amides is 1. The van der Waals surface area contributed by atoms with Gasteiger partial charge in [-0.1, -0.05) is 23.2 Å². The molecule has 1 aromatic carbocycles. The molecule has 0 aliphatic carbocycles. The Kier molecular flexibility index (Phi) is 4.86. The Morgan fingerprint density at radius 3 is 2.80 bits per heavy atom. The van der Waals surface area contributed by atoms with Crippen LogP contribution in [0.2, 0.25) is 9.49 Å². The molecule has 1 unspecified atom stereocenters. The van der Waals surface area contributed by atoms with Gasteiger partial charge in [-0.15, -0.1) is 11.3 Å². The van der Waals surface area contributed by atoms with E-state index < -0.39 is 11.7 Å². The lowest BCUT2D eigenvalue weighted by Gasteiger charge is -2.13. The SMILES string of the molecule is Cc1nn(CC(N)=O)c2cc(NC(C)c3nc(Cl)c(Cl)s3)cc(F)c12. The maximum Gasteiger partial charge on any atom is 0.239 e. The fraction of sp³-hybridized carbons (Fsp3) is 0.267. The van der Waals surface area contributed by atoms with Crippen molar-refractivity contribution in [3.05, 3.63) is 38.1 Å². The first-order valence-corrected chi connectivity index (χ1v) is 8.86. The number of halogens is 3. The van der Waals surface area contributed by atoms with Gasteiger partial charge in [0.25, 0.3) is 0 Å². The molecule has 25 heavy (non-hydrogen) atoms. The highest BCUT2D eigenvalue weighted by Crippen LogP contribution is 2.33. The number of benzene rings is 1. The first-order chi connectivity index (χ1) is 11.8. The molecule has 0 saturated carbocycles. The van der Waals surface area contributed by atoms with Crippen molar-refractivity contribution >= 4 is 57.0 Å².